The molecular formula is C20H23N5O2. The number of hydrogen-bond donors (Lipinski definition) is 2. The van der Waals surface area contributed by atoms with E-state index in [1.54, 1.807) is 13.1 Å². The summed E-state index contributed by atoms with van der Waals surface area (Å²) in [6, 6.07) is 12.2. The van der Waals surface area contributed by atoms with Gasteiger partial charge in [0.1, 0.15) is 6.04 Å². The van der Waals surface area contributed by atoms with Gasteiger partial charge in [0.15, 0.2) is 0 Å². The van der Waals surface area contributed by atoms with Gasteiger partial charge in [-0.25, -0.2) is 4.68 Å². The van der Waals surface area contributed by atoms with Gasteiger partial charge in [-0.1, -0.05) is 37.1 Å². The first-order valence-corrected chi connectivity index (χ1v) is 9.04. The van der Waals surface area contributed by atoms with Crippen LogP contribution in [0.2, 0.25) is 0 Å². The van der Waals surface area contributed by atoms with E-state index in [1.807, 2.05) is 24.3 Å². The van der Waals surface area contributed by atoms with Crippen molar-refractivity contribution in [3.63, 3.8) is 0 Å². The van der Waals surface area contributed by atoms with Gasteiger partial charge in [0.05, 0.1) is 17.3 Å². The maximum atomic E-state index is 12.4. The Kier molecular flexibility index (Phi) is 5.38. The fourth-order valence-corrected chi connectivity index (χ4v) is 3.37. The minimum Gasteiger partial charge on any atom is -0.338 e. The second kappa shape index (κ2) is 7.72. The van der Waals surface area contributed by atoms with Crippen LogP contribution in [-0.2, 0) is 18.3 Å². The zero-order chi connectivity index (χ0) is 19.4. The fourth-order valence-electron chi connectivity index (χ4n) is 3.37. The molecule has 1 saturated carbocycles. The van der Waals surface area contributed by atoms with Crippen molar-refractivity contribution in [1.82, 2.24) is 15.1 Å². The first kappa shape index (κ1) is 18.8. The van der Waals surface area contributed by atoms with Crippen LogP contribution in [0.5, 0.6) is 0 Å². The molecule has 1 heterocycles. The number of carbonyl (C=O) groups excluding carboxylic acids is 1. The zero-order valence-corrected chi connectivity index (χ0v) is 15.3. The van der Waals surface area contributed by atoms with E-state index in [-0.39, 0.29) is 11.5 Å². The highest BCUT2D eigenvalue weighted by Gasteiger charge is 2.37. The third-order valence-electron chi connectivity index (χ3n) is 5.06. The Hall–Kier alpha value is -2.98. The predicted octanol–water partition coefficient (Wildman–Crippen LogP) is 1.27. The first-order chi connectivity index (χ1) is 12.9. The molecule has 2 aromatic rings. The number of aromatic nitrogens is 2. The molecule has 0 unspecified atom stereocenters. The van der Waals surface area contributed by atoms with Crippen molar-refractivity contribution in [1.29, 1.82) is 5.26 Å². The van der Waals surface area contributed by atoms with Crippen molar-refractivity contribution in [2.45, 2.75) is 43.7 Å². The number of nitriles is 1. The monoisotopic (exact) mass is 365 g/mol. The molecule has 3 rings (SSSR count). The Balaban J connectivity index is 1.67. The molecule has 1 aromatic carbocycles. The normalized spacial score (nSPS) is 16.5. The van der Waals surface area contributed by atoms with Crippen molar-refractivity contribution in [3.05, 3.63) is 52.3 Å². The average Bonchev–Trinajstić information content (AvgIpc) is 3.12. The molecule has 27 heavy (non-hydrogen) atoms. The third-order valence-corrected chi connectivity index (χ3v) is 5.06. The number of nitrogens with two attached hydrogens (primary N) is 1. The number of carbonyl (C=O) groups is 1. The molecule has 140 valence electrons. The quantitative estimate of drug-likeness (QED) is 0.828. The van der Waals surface area contributed by atoms with Crippen molar-refractivity contribution in [2.24, 2.45) is 12.8 Å². The molecule has 1 aromatic heterocycles. The van der Waals surface area contributed by atoms with E-state index in [2.05, 4.69) is 16.5 Å². The van der Waals surface area contributed by atoms with Gasteiger partial charge >= 0.3 is 0 Å². The average molecular weight is 365 g/mol. The summed E-state index contributed by atoms with van der Waals surface area (Å²) < 4.78 is 1.29. The Labute approximate surface area is 157 Å². The van der Waals surface area contributed by atoms with Crippen LogP contribution in [0.1, 0.15) is 31.2 Å². The van der Waals surface area contributed by atoms with Crippen LogP contribution in [0, 0.1) is 11.3 Å². The summed E-state index contributed by atoms with van der Waals surface area (Å²) in [7, 11) is 1.61. The zero-order valence-electron chi connectivity index (χ0n) is 15.3. The lowest BCUT2D eigenvalue weighted by Gasteiger charge is -2.24. The molecule has 1 atom stereocenters. The highest BCUT2D eigenvalue weighted by Crippen LogP contribution is 2.27. The highest BCUT2D eigenvalue weighted by molar-refractivity contribution is 5.86. The molecule has 3 N–H and O–H groups in total. The second-order valence-corrected chi connectivity index (χ2v) is 7.10. The lowest BCUT2D eigenvalue weighted by Crippen LogP contribution is -2.54. The number of hydrogen-bond acceptors (Lipinski definition) is 5. The molecule has 1 aliphatic carbocycles. The molecule has 1 fully saturated rings. The van der Waals surface area contributed by atoms with E-state index in [0.717, 1.165) is 24.0 Å². The largest absolute Gasteiger partial charge is 0.338 e. The van der Waals surface area contributed by atoms with Gasteiger partial charge in [-0.05, 0) is 24.5 Å². The van der Waals surface area contributed by atoms with Crippen molar-refractivity contribution >= 4 is 5.91 Å². The number of nitrogens with one attached hydrogen (secondary N) is 1. The van der Waals surface area contributed by atoms with E-state index in [0.29, 0.717) is 25.0 Å². The van der Waals surface area contributed by atoms with Gasteiger partial charge in [-0.3, -0.25) is 9.59 Å². The van der Waals surface area contributed by atoms with Crippen molar-refractivity contribution < 1.29 is 4.79 Å². The molecule has 0 saturated heterocycles. The van der Waals surface area contributed by atoms with Crippen molar-refractivity contribution in [2.75, 3.05) is 0 Å². The molecule has 0 bridgehead atoms. The van der Waals surface area contributed by atoms with Gasteiger partial charge in [0.25, 0.3) is 5.56 Å². The number of nitrogens with zero attached hydrogens (tertiary/aromatic N) is 3. The van der Waals surface area contributed by atoms with Gasteiger partial charge < -0.3 is 11.1 Å². The van der Waals surface area contributed by atoms with E-state index in [1.165, 1.54) is 10.7 Å². The second-order valence-electron chi connectivity index (χ2n) is 7.10. The summed E-state index contributed by atoms with van der Waals surface area (Å²) in [6.07, 6.45) is 3.62. The van der Waals surface area contributed by atoms with Crippen LogP contribution in [-0.4, -0.2) is 27.3 Å². The Morgan fingerprint density at radius 1 is 1.30 bits per heavy atom. The van der Waals surface area contributed by atoms with E-state index in [4.69, 9.17) is 5.73 Å². The smallest absolute Gasteiger partial charge is 0.266 e. The van der Waals surface area contributed by atoms with E-state index < -0.39 is 11.6 Å². The summed E-state index contributed by atoms with van der Waals surface area (Å²) in [6.45, 7) is 0. The molecule has 1 amide bonds. The maximum absolute atomic E-state index is 12.4. The molecule has 0 aliphatic heterocycles. The lowest BCUT2D eigenvalue weighted by molar-refractivity contribution is -0.126. The fraction of sp³-hybridized carbons (Fsp3) is 0.400. The minimum absolute atomic E-state index is 0.164. The van der Waals surface area contributed by atoms with Gasteiger partial charge in [-0.15, -0.1) is 0 Å². The maximum Gasteiger partial charge on any atom is 0.266 e. The van der Waals surface area contributed by atoms with Gasteiger partial charge in [-0.2, -0.15) is 10.4 Å². The number of amides is 1. The van der Waals surface area contributed by atoms with Crippen LogP contribution in [0.25, 0.3) is 11.3 Å². The van der Waals surface area contributed by atoms with E-state index in [9.17, 15) is 14.9 Å². The summed E-state index contributed by atoms with van der Waals surface area (Å²) in [5.74, 6) is -0.238. The van der Waals surface area contributed by atoms with Gasteiger partial charge in [0.2, 0.25) is 5.91 Å². The third kappa shape index (κ3) is 4.23. The standard InChI is InChI=1S/C20H23N5O2/c1-25-18(26)9-8-17(24-25)15-6-4-14(5-7-15)12-16(13-21)23-19(27)20(22)10-2-3-11-20/h4-9,16H,2-3,10-12,22H2,1H3,(H,23,27)/t16-/m0/s1. The summed E-state index contributed by atoms with van der Waals surface area (Å²) >= 11 is 0. The van der Waals surface area contributed by atoms with Crippen molar-refractivity contribution in [3.8, 4) is 17.3 Å². The highest BCUT2D eigenvalue weighted by atomic mass is 16.2. The Morgan fingerprint density at radius 2 is 1.96 bits per heavy atom. The molecule has 0 spiro atoms. The lowest BCUT2D eigenvalue weighted by atomic mass is 9.96. The van der Waals surface area contributed by atoms with Crippen LogP contribution >= 0.6 is 0 Å². The molecular weight excluding hydrogens is 342 g/mol. The number of benzene rings is 1. The predicted molar refractivity (Wildman–Crippen MR) is 102 cm³/mol. The number of rotatable bonds is 5. The molecule has 0 radical (unpaired) electrons. The van der Waals surface area contributed by atoms with Crippen LogP contribution in [0.15, 0.2) is 41.2 Å². The molecule has 7 heteroatoms. The Morgan fingerprint density at radius 3 is 2.56 bits per heavy atom. The van der Waals surface area contributed by atoms with Crippen LogP contribution < -0.4 is 16.6 Å². The SMILES string of the molecule is Cn1nc(-c2ccc(C[C@@H](C#N)NC(=O)C3(N)CCCC3)cc2)ccc1=O. The first-order valence-electron chi connectivity index (χ1n) is 9.04. The Bertz CT molecular complexity index is 921. The van der Waals surface area contributed by atoms with Crippen LogP contribution in [0.4, 0.5) is 0 Å². The summed E-state index contributed by atoms with van der Waals surface area (Å²) in [5, 5.41) is 16.4. The minimum atomic E-state index is -0.839. The molecule has 1 aliphatic rings. The molecule has 7 nitrogen and oxygen atoms in total. The van der Waals surface area contributed by atoms with E-state index >= 15 is 0 Å². The summed E-state index contributed by atoms with van der Waals surface area (Å²) in [5.41, 5.74) is 7.64. The summed E-state index contributed by atoms with van der Waals surface area (Å²) in [4.78, 5) is 23.8. The van der Waals surface area contributed by atoms with Gasteiger partial charge in [0, 0.05) is 25.1 Å². The number of aryl methyl sites for hydroxylation is 1. The van der Waals surface area contributed by atoms with Crippen LogP contribution in [0.3, 0.4) is 0 Å². The topological polar surface area (TPSA) is 114 Å².